The molecule has 1 rings (SSSR count). The Balaban J connectivity index is 2.38. The van der Waals surface area contributed by atoms with Crippen molar-refractivity contribution in [2.24, 2.45) is 5.41 Å². The van der Waals surface area contributed by atoms with Gasteiger partial charge in [-0.05, 0) is 44.7 Å². The normalized spacial score (nSPS) is 23.2. The predicted octanol–water partition coefficient (Wildman–Crippen LogP) is 4.08. The van der Waals surface area contributed by atoms with E-state index in [1.807, 2.05) is 0 Å². The molecule has 1 unspecified atom stereocenters. The van der Waals surface area contributed by atoms with Gasteiger partial charge in [0.2, 0.25) is 0 Å². The molecule has 1 fully saturated rings. The summed E-state index contributed by atoms with van der Waals surface area (Å²) in [6, 6.07) is 0.767. The van der Waals surface area contributed by atoms with Gasteiger partial charge in [0, 0.05) is 6.04 Å². The summed E-state index contributed by atoms with van der Waals surface area (Å²) in [5, 5.41) is 0. The summed E-state index contributed by atoms with van der Waals surface area (Å²) < 4.78 is 0. The first kappa shape index (κ1) is 13.0. The number of likely N-dealkylation sites (tertiary alicyclic amines) is 1. The van der Waals surface area contributed by atoms with Crippen LogP contribution in [0.15, 0.2) is 0 Å². The van der Waals surface area contributed by atoms with Crippen molar-refractivity contribution in [1.82, 2.24) is 4.90 Å². The lowest BCUT2D eigenvalue weighted by molar-refractivity contribution is 0.148. The molecule has 0 saturated carbocycles. The molecule has 0 bridgehead atoms. The minimum atomic E-state index is 0.474. The van der Waals surface area contributed by atoms with Crippen LogP contribution in [0.5, 0.6) is 0 Å². The van der Waals surface area contributed by atoms with Crippen molar-refractivity contribution in [2.75, 3.05) is 13.1 Å². The summed E-state index contributed by atoms with van der Waals surface area (Å²) in [6.45, 7) is 12.1. The molecule has 1 atom stereocenters. The van der Waals surface area contributed by atoms with Crippen LogP contribution < -0.4 is 0 Å². The standard InChI is InChI=1S/C14H29N/c1-13(12-14(2,3)4)15-10-8-6-5-7-9-11-15/h13H,5-12H2,1-4H3. The maximum atomic E-state index is 2.71. The molecular formula is C14H29N. The second-order valence-electron chi connectivity index (χ2n) is 6.42. The summed E-state index contributed by atoms with van der Waals surface area (Å²) in [7, 11) is 0. The van der Waals surface area contributed by atoms with Gasteiger partial charge >= 0.3 is 0 Å². The maximum absolute atomic E-state index is 2.71. The second-order valence-corrected chi connectivity index (χ2v) is 6.42. The average Bonchev–Trinajstić information content (AvgIpc) is 1.98. The molecule has 1 heteroatoms. The molecule has 90 valence electrons. The van der Waals surface area contributed by atoms with E-state index in [-0.39, 0.29) is 0 Å². The Morgan fingerprint density at radius 2 is 1.40 bits per heavy atom. The quantitative estimate of drug-likeness (QED) is 0.665. The summed E-state index contributed by atoms with van der Waals surface area (Å²) in [5.41, 5.74) is 0.474. The van der Waals surface area contributed by atoms with Gasteiger partial charge in [0.15, 0.2) is 0 Å². The molecule has 0 spiro atoms. The van der Waals surface area contributed by atoms with E-state index in [0.29, 0.717) is 5.41 Å². The molecule has 0 aliphatic carbocycles. The van der Waals surface area contributed by atoms with Crippen LogP contribution in [-0.2, 0) is 0 Å². The predicted molar refractivity (Wildman–Crippen MR) is 68.2 cm³/mol. The maximum Gasteiger partial charge on any atom is 0.00719 e. The van der Waals surface area contributed by atoms with Crippen molar-refractivity contribution < 1.29 is 0 Å². The molecule has 1 saturated heterocycles. The van der Waals surface area contributed by atoms with Crippen LogP contribution >= 0.6 is 0 Å². The Bertz CT molecular complexity index is 161. The third-order valence-corrected chi connectivity index (χ3v) is 3.42. The van der Waals surface area contributed by atoms with E-state index >= 15 is 0 Å². The first-order valence-electron chi connectivity index (χ1n) is 6.73. The number of nitrogens with zero attached hydrogens (tertiary/aromatic N) is 1. The number of hydrogen-bond donors (Lipinski definition) is 0. The Kier molecular flexibility index (Phi) is 5.11. The van der Waals surface area contributed by atoms with Crippen LogP contribution in [0.1, 0.15) is 66.2 Å². The lowest BCUT2D eigenvalue weighted by Crippen LogP contribution is -2.37. The molecular weight excluding hydrogens is 182 g/mol. The monoisotopic (exact) mass is 211 g/mol. The molecule has 0 aromatic rings. The highest BCUT2D eigenvalue weighted by atomic mass is 15.1. The van der Waals surface area contributed by atoms with Crippen LogP contribution in [0.2, 0.25) is 0 Å². The third kappa shape index (κ3) is 5.55. The zero-order valence-electron chi connectivity index (χ0n) is 11.2. The first-order valence-corrected chi connectivity index (χ1v) is 6.73. The largest absolute Gasteiger partial charge is 0.301 e. The fourth-order valence-corrected chi connectivity index (χ4v) is 2.73. The Hall–Kier alpha value is -0.0400. The third-order valence-electron chi connectivity index (χ3n) is 3.42. The van der Waals surface area contributed by atoms with Gasteiger partial charge in [-0.15, -0.1) is 0 Å². The van der Waals surface area contributed by atoms with E-state index in [0.717, 1.165) is 6.04 Å². The van der Waals surface area contributed by atoms with E-state index in [1.54, 1.807) is 0 Å². The number of hydrogen-bond acceptors (Lipinski definition) is 1. The van der Waals surface area contributed by atoms with E-state index in [1.165, 1.54) is 51.6 Å². The SMILES string of the molecule is CC(CC(C)(C)C)N1CCCCCCC1. The van der Waals surface area contributed by atoms with Crippen molar-refractivity contribution in [3.05, 3.63) is 0 Å². The van der Waals surface area contributed by atoms with Crippen LogP contribution in [0.25, 0.3) is 0 Å². The Morgan fingerprint density at radius 3 is 1.87 bits per heavy atom. The van der Waals surface area contributed by atoms with Crippen LogP contribution in [0, 0.1) is 5.41 Å². The lowest BCUT2D eigenvalue weighted by Gasteiger charge is -2.34. The van der Waals surface area contributed by atoms with E-state index < -0.39 is 0 Å². The number of rotatable bonds is 2. The molecule has 0 aromatic carbocycles. The smallest absolute Gasteiger partial charge is 0.00719 e. The summed E-state index contributed by atoms with van der Waals surface area (Å²) in [5.74, 6) is 0. The second kappa shape index (κ2) is 5.89. The Labute approximate surface area is 96.2 Å². The van der Waals surface area contributed by atoms with Gasteiger partial charge < -0.3 is 4.90 Å². The van der Waals surface area contributed by atoms with Crippen molar-refractivity contribution in [3.63, 3.8) is 0 Å². The highest BCUT2D eigenvalue weighted by molar-refractivity contribution is 4.75. The molecule has 1 nitrogen and oxygen atoms in total. The van der Waals surface area contributed by atoms with Crippen molar-refractivity contribution in [2.45, 2.75) is 72.3 Å². The van der Waals surface area contributed by atoms with Crippen LogP contribution in [-0.4, -0.2) is 24.0 Å². The first-order chi connectivity index (χ1) is 6.99. The van der Waals surface area contributed by atoms with Gasteiger partial charge in [-0.2, -0.15) is 0 Å². The molecule has 1 aliphatic rings. The van der Waals surface area contributed by atoms with Gasteiger partial charge in [0.1, 0.15) is 0 Å². The summed E-state index contributed by atoms with van der Waals surface area (Å²) >= 11 is 0. The summed E-state index contributed by atoms with van der Waals surface area (Å²) in [4.78, 5) is 2.71. The zero-order chi connectivity index (χ0) is 11.3. The van der Waals surface area contributed by atoms with E-state index in [9.17, 15) is 0 Å². The summed E-state index contributed by atoms with van der Waals surface area (Å²) in [6.07, 6.45) is 8.49. The zero-order valence-corrected chi connectivity index (χ0v) is 11.2. The topological polar surface area (TPSA) is 3.24 Å². The van der Waals surface area contributed by atoms with Crippen molar-refractivity contribution in [3.8, 4) is 0 Å². The molecule has 15 heavy (non-hydrogen) atoms. The average molecular weight is 211 g/mol. The fourth-order valence-electron chi connectivity index (χ4n) is 2.73. The van der Waals surface area contributed by atoms with Crippen molar-refractivity contribution in [1.29, 1.82) is 0 Å². The fraction of sp³-hybridized carbons (Fsp3) is 1.00. The molecule has 0 N–H and O–H groups in total. The van der Waals surface area contributed by atoms with Gasteiger partial charge in [-0.25, -0.2) is 0 Å². The molecule has 0 aromatic heterocycles. The highest BCUT2D eigenvalue weighted by Crippen LogP contribution is 2.24. The van der Waals surface area contributed by atoms with Crippen molar-refractivity contribution >= 4 is 0 Å². The van der Waals surface area contributed by atoms with Gasteiger partial charge in [-0.3, -0.25) is 0 Å². The molecule has 1 heterocycles. The molecule has 1 aliphatic heterocycles. The minimum absolute atomic E-state index is 0.474. The highest BCUT2D eigenvalue weighted by Gasteiger charge is 2.20. The lowest BCUT2D eigenvalue weighted by atomic mass is 9.88. The minimum Gasteiger partial charge on any atom is -0.301 e. The molecule has 0 radical (unpaired) electrons. The van der Waals surface area contributed by atoms with Crippen LogP contribution in [0.4, 0.5) is 0 Å². The van der Waals surface area contributed by atoms with Gasteiger partial charge in [0.05, 0.1) is 0 Å². The van der Waals surface area contributed by atoms with E-state index in [4.69, 9.17) is 0 Å². The van der Waals surface area contributed by atoms with Gasteiger partial charge in [-0.1, -0.05) is 40.0 Å². The van der Waals surface area contributed by atoms with Crippen LogP contribution in [0.3, 0.4) is 0 Å². The Morgan fingerprint density at radius 1 is 0.933 bits per heavy atom. The van der Waals surface area contributed by atoms with E-state index in [2.05, 4.69) is 32.6 Å². The molecule has 0 amide bonds. The van der Waals surface area contributed by atoms with Gasteiger partial charge in [0.25, 0.3) is 0 Å².